The molecule has 0 radical (unpaired) electrons. The summed E-state index contributed by atoms with van der Waals surface area (Å²) in [5.74, 6) is 0. The molecule has 0 aliphatic rings. The predicted molar refractivity (Wildman–Crippen MR) is 147 cm³/mol. The number of aromatic nitrogens is 1. The molecule has 0 N–H and O–H groups in total. The third-order valence-corrected chi connectivity index (χ3v) is 8.05. The molecule has 0 fully saturated rings. The molecule has 2 heterocycles. The van der Waals surface area contributed by atoms with Crippen LogP contribution in [0.5, 0.6) is 0 Å². The Morgan fingerprint density at radius 3 is 2.34 bits per heavy atom. The van der Waals surface area contributed by atoms with Crippen molar-refractivity contribution in [1.82, 2.24) is 4.57 Å². The number of hydrogen-bond acceptors (Lipinski definition) is 3. The lowest BCUT2D eigenvalue weighted by molar-refractivity contribution is -0.137. The van der Waals surface area contributed by atoms with Crippen LogP contribution in [0.15, 0.2) is 77.6 Å². The molecule has 0 atom stereocenters. The van der Waals surface area contributed by atoms with Gasteiger partial charge in [0.1, 0.15) is 11.6 Å². The van der Waals surface area contributed by atoms with Gasteiger partial charge in [-0.2, -0.15) is 18.4 Å². The number of alkyl halides is 3. The number of fused-ring (bicyclic) bond motifs is 1. The Morgan fingerprint density at radius 2 is 1.66 bits per heavy atom. The molecule has 0 bridgehead atoms. The molecule has 5 rings (SSSR count). The van der Waals surface area contributed by atoms with Crippen LogP contribution in [-0.2, 0) is 12.7 Å². The lowest BCUT2D eigenvalue weighted by Crippen LogP contribution is -2.28. The van der Waals surface area contributed by atoms with Crippen LogP contribution < -0.4 is 5.56 Å². The highest BCUT2D eigenvalue weighted by Crippen LogP contribution is 2.40. The third-order valence-electron chi connectivity index (χ3n) is 6.33. The number of hydrogen-bond donors (Lipinski definition) is 0. The standard InChI is InChI=1S/C29H17Cl2F3N2OS/c1-16-6-9-21(20-5-3-2-4-19(16)20)26-10-11-27(38-26)25-13-23(29(32,33)34)22(14-35)28(37)36(25)15-17-7-8-18(30)12-24(17)31/h2-13H,15H2,1H3. The van der Waals surface area contributed by atoms with Crippen LogP contribution >= 0.6 is 34.5 Å². The molecule has 0 saturated heterocycles. The first-order chi connectivity index (χ1) is 18.1. The fourth-order valence-electron chi connectivity index (χ4n) is 4.44. The molecule has 5 aromatic rings. The molecule has 9 heteroatoms. The van der Waals surface area contributed by atoms with Crippen molar-refractivity contribution < 1.29 is 13.2 Å². The van der Waals surface area contributed by atoms with Crippen molar-refractivity contribution >= 4 is 45.3 Å². The minimum atomic E-state index is -4.89. The highest BCUT2D eigenvalue weighted by atomic mass is 35.5. The van der Waals surface area contributed by atoms with Crippen molar-refractivity contribution in [3.05, 3.63) is 115 Å². The fourth-order valence-corrected chi connectivity index (χ4v) is 5.98. The number of pyridine rings is 1. The first-order valence-corrected chi connectivity index (χ1v) is 12.9. The lowest BCUT2D eigenvalue weighted by Gasteiger charge is -2.17. The smallest absolute Gasteiger partial charge is 0.302 e. The molecular weight excluding hydrogens is 552 g/mol. The van der Waals surface area contributed by atoms with E-state index in [0.717, 1.165) is 37.4 Å². The Bertz CT molecular complexity index is 1820. The van der Waals surface area contributed by atoms with Gasteiger partial charge in [-0.15, -0.1) is 11.3 Å². The Kier molecular flexibility index (Phi) is 6.83. The molecule has 0 unspecified atom stereocenters. The second kappa shape index (κ2) is 9.95. The number of halogens is 5. The van der Waals surface area contributed by atoms with Crippen LogP contribution in [0.4, 0.5) is 13.2 Å². The molecule has 190 valence electrons. The molecule has 2 aromatic heterocycles. The maximum atomic E-state index is 13.9. The molecule has 0 spiro atoms. The summed E-state index contributed by atoms with van der Waals surface area (Å²) in [6.07, 6.45) is -4.89. The quantitative estimate of drug-likeness (QED) is 0.217. The van der Waals surface area contributed by atoms with E-state index in [4.69, 9.17) is 23.2 Å². The summed E-state index contributed by atoms with van der Waals surface area (Å²) in [4.78, 5) is 14.6. The average molecular weight is 569 g/mol. The van der Waals surface area contributed by atoms with Crippen molar-refractivity contribution in [3.8, 4) is 27.1 Å². The molecular formula is C29H17Cl2F3N2OS. The Balaban J connectivity index is 1.73. The number of thiophene rings is 1. The number of aryl methyl sites for hydroxylation is 1. The van der Waals surface area contributed by atoms with Crippen molar-refractivity contribution in [2.75, 3.05) is 0 Å². The minimum absolute atomic E-state index is 0.0417. The van der Waals surface area contributed by atoms with Gasteiger partial charge in [-0.3, -0.25) is 4.79 Å². The summed E-state index contributed by atoms with van der Waals surface area (Å²) in [5, 5.41) is 12.2. The van der Waals surface area contributed by atoms with Crippen LogP contribution in [0.25, 0.3) is 31.8 Å². The van der Waals surface area contributed by atoms with Gasteiger partial charge in [0.15, 0.2) is 0 Å². The zero-order valence-corrected chi connectivity index (χ0v) is 22.1. The summed E-state index contributed by atoms with van der Waals surface area (Å²) in [7, 11) is 0. The SMILES string of the molecule is Cc1ccc(-c2ccc(-c3cc(C(F)(F)F)c(C#N)c(=O)n3Cc3ccc(Cl)cc3Cl)s2)c2ccccc12. The van der Waals surface area contributed by atoms with E-state index in [1.807, 2.05) is 49.4 Å². The van der Waals surface area contributed by atoms with Crippen LogP contribution in [0.2, 0.25) is 10.0 Å². The van der Waals surface area contributed by atoms with Gasteiger partial charge in [0.05, 0.1) is 22.7 Å². The summed E-state index contributed by atoms with van der Waals surface area (Å²) in [6.45, 7) is 1.87. The molecule has 0 aliphatic carbocycles. The van der Waals surface area contributed by atoms with Gasteiger partial charge in [-0.1, -0.05) is 65.7 Å². The molecule has 38 heavy (non-hydrogen) atoms. The second-order valence-electron chi connectivity index (χ2n) is 8.69. The normalized spacial score (nSPS) is 11.6. The van der Waals surface area contributed by atoms with Gasteiger partial charge < -0.3 is 4.57 Å². The first kappa shape index (κ1) is 26.1. The lowest BCUT2D eigenvalue weighted by atomic mass is 9.99. The monoisotopic (exact) mass is 568 g/mol. The topological polar surface area (TPSA) is 45.8 Å². The van der Waals surface area contributed by atoms with Gasteiger partial charge >= 0.3 is 6.18 Å². The highest BCUT2D eigenvalue weighted by molar-refractivity contribution is 7.18. The summed E-state index contributed by atoms with van der Waals surface area (Å²) >= 11 is 13.6. The van der Waals surface area contributed by atoms with Crippen LogP contribution in [0.1, 0.15) is 22.3 Å². The van der Waals surface area contributed by atoms with Crippen molar-refractivity contribution in [1.29, 1.82) is 5.26 Å². The van der Waals surface area contributed by atoms with Gasteiger partial charge in [0.2, 0.25) is 0 Å². The van der Waals surface area contributed by atoms with Crippen molar-refractivity contribution in [3.63, 3.8) is 0 Å². The van der Waals surface area contributed by atoms with E-state index < -0.39 is 22.9 Å². The van der Waals surface area contributed by atoms with E-state index in [9.17, 15) is 23.2 Å². The van der Waals surface area contributed by atoms with Crippen LogP contribution in [0, 0.1) is 18.3 Å². The van der Waals surface area contributed by atoms with E-state index in [0.29, 0.717) is 15.5 Å². The molecule has 3 nitrogen and oxygen atoms in total. The van der Waals surface area contributed by atoms with Gasteiger partial charge in [-0.05, 0) is 64.7 Å². The maximum absolute atomic E-state index is 13.9. The second-order valence-corrected chi connectivity index (χ2v) is 10.6. The van der Waals surface area contributed by atoms with Crippen LogP contribution in [0.3, 0.4) is 0 Å². The largest absolute Gasteiger partial charge is 0.417 e. The van der Waals surface area contributed by atoms with E-state index in [1.165, 1.54) is 23.5 Å². The van der Waals surface area contributed by atoms with E-state index in [2.05, 4.69) is 0 Å². The minimum Gasteiger partial charge on any atom is -0.302 e. The average Bonchev–Trinajstić information content (AvgIpc) is 3.36. The highest BCUT2D eigenvalue weighted by Gasteiger charge is 2.36. The maximum Gasteiger partial charge on any atom is 0.417 e. The number of rotatable bonds is 4. The Morgan fingerprint density at radius 1 is 0.947 bits per heavy atom. The number of nitrogens with zero attached hydrogens (tertiary/aromatic N) is 2. The number of nitriles is 1. The van der Waals surface area contributed by atoms with E-state index >= 15 is 0 Å². The summed E-state index contributed by atoms with van der Waals surface area (Å²) in [6, 6.07) is 22.4. The molecule has 0 amide bonds. The van der Waals surface area contributed by atoms with Gasteiger partial charge in [0, 0.05) is 14.9 Å². The zero-order chi connectivity index (χ0) is 27.2. The Labute approximate surface area is 229 Å². The zero-order valence-electron chi connectivity index (χ0n) is 19.7. The van der Waals surface area contributed by atoms with Crippen molar-refractivity contribution in [2.45, 2.75) is 19.6 Å². The predicted octanol–water partition coefficient (Wildman–Crippen LogP) is 8.95. The Hall–Kier alpha value is -3.57. The fraction of sp³-hybridized carbons (Fsp3) is 0.103. The third kappa shape index (κ3) is 4.71. The molecule has 0 aliphatic heterocycles. The van der Waals surface area contributed by atoms with E-state index in [-0.39, 0.29) is 17.3 Å². The summed E-state index contributed by atoms with van der Waals surface area (Å²) in [5.41, 5.74) is -0.719. The summed E-state index contributed by atoms with van der Waals surface area (Å²) < 4.78 is 42.9. The molecule has 0 saturated carbocycles. The van der Waals surface area contributed by atoms with Crippen molar-refractivity contribution in [2.24, 2.45) is 0 Å². The van der Waals surface area contributed by atoms with E-state index in [1.54, 1.807) is 18.2 Å². The molecule has 3 aromatic carbocycles. The van der Waals surface area contributed by atoms with Gasteiger partial charge in [0.25, 0.3) is 5.56 Å². The van der Waals surface area contributed by atoms with Gasteiger partial charge in [-0.25, -0.2) is 0 Å². The first-order valence-electron chi connectivity index (χ1n) is 11.4. The number of benzene rings is 3. The van der Waals surface area contributed by atoms with Crippen LogP contribution in [-0.4, -0.2) is 4.57 Å².